The second kappa shape index (κ2) is 12.7. The Bertz CT molecular complexity index is 1720. The van der Waals surface area contributed by atoms with Crippen LogP contribution in [0.5, 0.6) is 0 Å². The fraction of sp³-hybridized carbons (Fsp3) is 0.375. The van der Waals surface area contributed by atoms with Gasteiger partial charge in [0.2, 0.25) is 6.10 Å². The van der Waals surface area contributed by atoms with E-state index in [9.17, 15) is 24.3 Å². The standard InChI is InChI=1S/C24H25ClN10O7S2/c1-10(22(38)39)42-31-15(14-18(25)44-24(26)29-14)19(36)28-16-20(37)35-17(23(40)41)11(9-43-21(16)35)7-33-5-3-13-12(8-33)30-32-34(13)6-4-27-2/h3,5,8,10,16,21,27H,4,6-7,9H2,1-2H3,(H4-,26,28,29,36,38,39,40,41)/b31-15-/t10-,16?,21?/m0/s1. The first-order valence-electron chi connectivity index (χ1n) is 12.9. The van der Waals surface area contributed by atoms with Gasteiger partial charge in [-0.1, -0.05) is 33.3 Å². The fourth-order valence-corrected chi connectivity index (χ4v) is 6.76. The van der Waals surface area contributed by atoms with Crippen LogP contribution in [0.4, 0.5) is 5.13 Å². The number of hydrogen-bond acceptors (Lipinski definition) is 14. The number of fused-ring (bicyclic) bond motifs is 2. The summed E-state index contributed by atoms with van der Waals surface area (Å²) in [5.41, 5.74) is 6.59. The van der Waals surface area contributed by atoms with E-state index in [2.05, 4.69) is 31.1 Å². The highest BCUT2D eigenvalue weighted by Gasteiger charge is 2.53. The van der Waals surface area contributed by atoms with Gasteiger partial charge < -0.3 is 36.2 Å². The van der Waals surface area contributed by atoms with Crippen molar-refractivity contribution >= 4 is 80.3 Å². The highest BCUT2D eigenvalue weighted by Crippen LogP contribution is 2.40. The minimum absolute atomic E-state index is 0.0113. The number of thiazole rings is 1. The lowest BCUT2D eigenvalue weighted by molar-refractivity contribution is -0.687. The number of halogens is 1. The Kier molecular flexibility index (Phi) is 9.00. The lowest BCUT2D eigenvalue weighted by Crippen LogP contribution is -2.71. The van der Waals surface area contributed by atoms with E-state index >= 15 is 0 Å². The van der Waals surface area contributed by atoms with Crippen LogP contribution >= 0.6 is 34.7 Å². The number of aromatic nitrogens is 5. The number of nitrogen functional groups attached to an aromatic ring is 1. The highest BCUT2D eigenvalue weighted by atomic mass is 35.5. The number of thioether (sulfide) groups is 1. The second-order valence-corrected chi connectivity index (χ2v) is 12.3. The molecule has 232 valence electrons. The number of nitrogens with two attached hydrogens (primary N) is 1. The first-order valence-corrected chi connectivity index (χ1v) is 15.2. The number of carboxylic acids is 2. The minimum atomic E-state index is -1.54. The lowest BCUT2D eigenvalue weighted by Gasteiger charge is -2.50. The summed E-state index contributed by atoms with van der Waals surface area (Å²) in [4.78, 5) is 59.9. The maximum atomic E-state index is 13.3. The third kappa shape index (κ3) is 6.03. The molecule has 0 aromatic carbocycles. The molecule has 2 amide bonds. The summed E-state index contributed by atoms with van der Waals surface area (Å²) in [5.74, 6) is -4.30. The largest absolute Gasteiger partial charge is 0.543 e. The maximum Gasteiger partial charge on any atom is 0.347 e. The number of hydrogen-bond donors (Lipinski definition) is 4. The normalized spacial score (nSPS) is 19.0. The van der Waals surface area contributed by atoms with Gasteiger partial charge >= 0.3 is 5.97 Å². The fourth-order valence-electron chi connectivity index (χ4n) is 4.50. The predicted molar refractivity (Wildman–Crippen MR) is 155 cm³/mol. The summed E-state index contributed by atoms with van der Waals surface area (Å²) in [5, 5.41) is 38.1. The number of carboxylic acid groups (broad SMARTS) is 2. The molecule has 1 saturated heterocycles. The van der Waals surface area contributed by atoms with Gasteiger partial charge in [0.1, 0.15) is 27.0 Å². The van der Waals surface area contributed by atoms with Crippen molar-refractivity contribution in [3.05, 3.63) is 39.8 Å². The van der Waals surface area contributed by atoms with Gasteiger partial charge in [0, 0.05) is 23.9 Å². The number of carbonyl (C=O) groups is 4. The molecule has 2 aliphatic heterocycles. The molecule has 2 aliphatic rings. The number of carbonyl (C=O) groups excluding carboxylic acids is 3. The summed E-state index contributed by atoms with van der Waals surface area (Å²) < 4.78 is 3.48. The molecule has 5 rings (SSSR count). The highest BCUT2D eigenvalue weighted by molar-refractivity contribution is 8.00. The van der Waals surface area contributed by atoms with Crippen LogP contribution in [0.15, 0.2) is 34.9 Å². The molecule has 5 heterocycles. The molecule has 0 bridgehead atoms. The van der Waals surface area contributed by atoms with Crippen LogP contribution in [0.2, 0.25) is 4.34 Å². The van der Waals surface area contributed by atoms with Crippen molar-refractivity contribution in [2.75, 3.05) is 25.1 Å². The number of amides is 2. The van der Waals surface area contributed by atoms with E-state index in [1.807, 2.05) is 13.1 Å². The van der Waals surface area contributed by atoms with Crippen LogP contribution in [0.3, 0.4) is 0 Å². The van der Waals surface area contributed by atoms with Crippen LogP contribution in [-0.4, -0.2) is 96.3 Å². The van der Waals surface area contributed by atoms with Crippen molar-refractivity contribution in [2.24, 2.45) is 5.16 Å². The predicted octanol–water partition coefficient (Wildman–Crippen LogP) is -2.07. The van der Waals surface area contributed by atoms with Crippen molar-refractivity contribution in [3.8, 4) is 0 Å². The van der Waals surface area contributed by atoms with E-state index in [1.165, 1.54) is 18.7 Å². The van der Waals surface area contributed by atoms with Crippen molar-refractivity contribution in [2.45, 2.75) is 37.5 Å². The number of likely N-dealkylation sites (N-methyl/N-ethyl adjacent to an activating group) is 1. The number of oxime groups is 1. The van der Waals surface area contributed by atoms with E-state index in [-0.39, 0.29) is 33.2 Å². The molecule has 1 fully saturated rings. The molecule has 0 radical (unpaired) electrons. The number of pyridine rings is 1. The van der Waals surface area contributed by atoms with E-state index in [0.29, 0.717) is 24.2 Å². The molecule has 0 aliphatic carbocycles. The Morgan fingerprint density at radius 2 is 2.18 bits per heavy atom. The van der Waals surface area contributed by atoms with Gasteiger partial charge in [-0.05, 0) is 14.0 Å². The second-order valence-electron chi connectivity index (χ2n) is 9.60. The Morgan fingerprint density at radius 3 is 2.84 bits per heavy atom. The maximum absolute atomic E-state index is 13.3. The molecule has 17 nitrogen and oxygen atoms in total. The quantitative estimate of drug-likeness (QED) is 0.0706. The van der Waals surface area contributed by atoms with E-state index in [1.54, 1.807) is 21.6 Å². The molecule has 3 aromatic heterocycles. The Hall–Kier alpha value is -4.33. The van der Waals surface area contributed by atoms with Crippen molar-refractivity contribution < 1.29 is 38.8 Å². The summed E-state index contributed by atoms with van der Waals surface area (Å²) in [6.07, 6.45) is 2.09. The Balaban J connectivity index is 1.35. The molecular formula is C24H25ClN10O7S2. The van der Waals surface area contributed by atoms with Gasteiger partial charge in [-0.3, -0.25) is 14.5 Å². The zero-order valence-electron chi connectivity index (χ0n) is 23.1. The molecule has 20 heteroatoms. The summed E-state index contributed by atoms with van der Waals surface area (Å²) in [7, 11) is 1.84. The average Bonchev–Trinajstić information content (AvgIpc) is 3.55. The van der Waals surface area contributed by atoms with Gasteiger partial charge in [-0.2, -0.15) is 4.57 Å². The molecule has 0 spiro atoms. The molecule has 44 heavy (non-hydrogen) atoms. The zero-order valence-corrected chi connectivity index (χ0v) is 25.5. The third-order valence-electron chi connectivity index (χ3n) is 6.68. The van der Waals surface area contributed by atoms with Gasteiger partial charge in [-0.25, -0.2) is 14.5 Å². The van der Waals surface area contributed by atoms with Crippen LogP contribution in [0.25, 0.3) is 11.0 Å². The average molecular weight is 665 g/mol. The first kappa shape index (κ1) is 31.1. The van der Waals surface area contributed by atoms with E-state index in [0.717, 1.165) is 21.8 Å². The van der Waals surface area contributed by atoms with E-state index < -0.39 is 47.0 Å². The van der Waals surface area contributed by atoms with Crippen molar-refractivity contribution in [3.63, 3.8) is 0 Å². The molecule has 3 aromatic rings. The molecule has 3 atom stereocenters. The smallest absolute Gasteiger partial charge is 0.347 e. The molecule has 5 N–H and O–H groups in total. The summed E-state index contributed by atoms with van der Waals surface area (Å²) >= 11 is 8.25. The van der Waals surface area contributed by atoms with Gasteiger partial charge in [0.25, 0.3) is 11.8 Å². The Labute approximate surface area is 261 Å². The number of anilines is 1. The minimum Gasteiger partial charge on any atom is -0.543 e. The third-order valence-corrected chi connectivity index (χ3v) is 9.10. The van der Waals surface area contributed by atoms with Crippen molar-refractivity contribution in [1.29, 1.82) is 0 Å². The number of rotatable bonds is 12. The molecular weight excluding hydrogens is 640 g/mol. The Morgan fingerprint density at radius 1 is 1.41 bits per heavy atom. The number of nitrogens with one attached hydrogen (secondary N) is 2. The summed E-state index contributed by atoms with van der Waals surface area (Å²) in [6, 6.07) is 0.683. The number of β-lactam (4-membered cyclic amide) rings is 1. The SMILES string of the molecule is CNCCn1nnc2c[n+](CC3=C(C(=O)[O-])N4C(=O)C(NC(=O)/C(=N\O[C@@H](C)C(=O)O)c5nc(N)sc5Cl)C4SC3)ccc21. The monoisotopic (exact) mass is 664 g/mol. The molecule has 0 saturated carbocycles. The van der Waals surface area contributed by atoms with Crippen LogP contribution in [-0.2, 0) is 37.1 Å². The number of aliphatic carboxylic acids is 2. The van der Waals surface area contributed by atoms with Crippen LogP contribution < -0.4 is 26.0 Å². The lowest BCUT2D eigenvalue weighted by atomic mass is 10.0. The number of nitrogens with zero attached hydrogens (tertiary/aromatic N) is 7. The summed E-state index contributed by atoms with van der Waals surface area (Å²) in [6.45, 7) is 2.66. The van der Waals surface area contributed by atoms with Gasteiger partial charge in [0.15, 0.2) is 35.3 Å². The zero-order chi connectivity index (χ0) is 31.7. The van der Waals surface area contributed by atoms with Crippen molar-refractivity contribution in [1.82, 2.24) is 35.5 Å². The van der Waals surface area contributed by atoms with Crippen LogP contribution in [0.1, 0.15) is 12.6 Å². The topological polar surface area (TPSA) is 234 Å². The van der Waals surface area contributed by atoms with Gasteiger partial charge in [-0.15, -0.1) is 16.9 Å². The van der Waals surface area contributed by atoms with Gasteiger partial charge in [0.05, 0.1) is 18.2 Å². The molecule has 2 unspecified atom stereocenters. The van der Waals surface area contributed by atoms with E-state index in [4.69, 9.17) is 27.3 Å². The first-order chi connectivity index (χ1) is 21.0. The van der Waals surface area contributed by atoms with Crippen LogP contribution in [0, 0.1) is 0 Å².